The van der Waals surface area contributed by atoms with Gasteiger partial charge >= 0.3 is 0 Å². The Bertz CT molecular complexity index is 1330. The lowest BCUT2D eigenvalue weighted by molar-refractivity contribution is 0.482. The summed E-state index contributed by atoms with van der Waals surface area (Å²) in [7, 11) is -3.72. The molecule has 178 valence electrons. The van der Waals surface area contributed by atoms with E-state index in [0.29, 0.717) is 18.0 Å². The lowest BCUT2D eigenvalue weighted by atomic mass is 9.99. The van der Waals surface area contributed by atoms with E-state index in [4.69, 9.17) is 11.6 Å². The molecule has 0 radical (unpaired) electrons. The number of nitrogens with one attached hydrogen (secondary N) is 2. The topological polar surface area (TPSA) is 58.2 Å². The Labute approximate surface area is 212 Å². The zero-order chi connectivity index (χ0) is 23.3. The molecule has 0 saturated heterocycles. The van der Waals surface area contributed by atoms with Crippen LogP contribution in [0.2, 0.25) is 5.02 Å². The standard InChI is InChI=1S/C27H27ClN2O2S.ClH/c1-20(26-16-7-12-22-11-5-6-15-27(22)26)29-19-24(17-21-9-3-2-4-10-21)30-33(31,32)25-14-8-13-23(28)18-25;/h2-16,18,20,24,29-30H,17,19H2,1H3;1H. The molecule has 0 fully saturated rings. The maximum Gasteiger partial charge on any atom is 0.240 e. The van der Waals surface area contributed by atoms with E-state index in [0.717, 1.165) is 5.56 Å². The molecule has 2 atom stereocenters. The van der Waals surface area contributed by atoms with Gasteiger partial charge in [0.15, 0.2) is 0 Å². The van der Waals surface area contributed by atoms with Crippen molar-refractivity contribution in [1.82, 2.24) is 10.0 Å². The van der Waals surface area contributed by atoms with Crippen LogP contribution in [0.3, 0.4) is 0 Å². The first kappa shape index (κ1) is 26.2. The number of hydrogen-bond donors (Lipinski definition) is 2. The van der Waals surface area contributed by atoms with Crippen molar-refractivity contribution in [2.45, 2.75) is 30.3 Å². The number of hydrogen-bond acceptors (Lipinski definition) is 3. The predicted octanol–water partition coefficient (Wildman–Crippen LogP) is 6.16. The maximum atomic E-state index is 13.1. The van der Waals surface area contributed by atoms with E-state index in [2.05, 4.69) is 47.3 Å². The highest BCUT2D eigenvalue weighted by Crippen LogP contribution is 2.24. The highest BCUT2D eigenvalue weighted by molar-refractivity contribution is 7.89. The summed E-state index contributed by atoms with van der Waals surface area (Å²) in [5.41, 5.74) is 2.25. The lowest BCUT2D eigenvalue weighted by Gasteiger charge is -2.23. The first-order valence-electron chi connectivity index (χ1n) is 11.0. The van der Waals surface area contributed by atoms with Gasteiger partial charge in [0.25, 0.3) is 0 Å². The van der Waals surface area contributed by atoms with E-state index < -0.39 is 10.0 Å². The van der Waals surface area contributed by atoms with Crippen LogP contribution in [0.15, 0.2) is 102 Å². The van der Waals surface area contributed by atoms with Crippen molar-refractivity contribution >= 4 is 44.8 Å². The van der Waals surface area contributed by atoms with Gasteiger partial charge in [0.05, 0.1) is 4.90 Å². The highest BCUT2D eigenvalue weighted by Gasteiger charge is 2.22. The van der Waals surface area contributed by atoms with E-state index >= 15 is 0 Å². The predicted molar refractivity (Wildman–Crippen MR) is 143 cm³/mol. The zero-order valence-electron chi connectivity index (χ0n) is 18.8. The van der Waals surface area contributed by atoms with Gasteiger partial charge in [-0.1, -0.05) is 90.5 Å². The minimum atomic E-state index is -3.72. The van der Waals surface area contributed by atoms with Crippen molar-refractivity contribution in [2.75, 3.05) is 6.54 Å². The fourth-order valence-corrected chi connectivity index (χ4v) is 5.57. The molecular weight excluding hydrogens is 487 g/mol. The molecule has 2 unspecified atom stereocenters. The second-order valence-corrected chi connectivity index (χ2v) is 10.3. The van der Waals surface area contributed by atoms with Gasteiger partial charge in [-0.15, -0.1) is 12.4 Å². The van der Waals surface area contributed by atoms with Crippen molar-refractivity contribution in [2.24, 2.45) is 0 Å². The second kappa shape index (κ2) is 11.8. The van der Waals surface area contributed by atoms with Crippen molar-refractivity contribution in [3.05, 3.63) is 113 Å². The molecule has 4 aromatic carbocycles. The minimum Gasteiger partial charge on any atom is -0.309 e. The molecule has 0 bridgehead atoms. The zero-order valence-corrected chi connectivity index (χ0v) is 21.2. The van der Waals surface area contributed by atoms with Crippen LogP contribution in [0.1, 0.15) is 24.1 Å². The largest absolute Gasteiger partial charge is 0.309 e. The molecule has 0 aromatic heterocycles. The summed E-state index contributed by atoms with van der Waals surface area (Å²) >= 11 is 6.03. The van der Waals surface area contributed by atoms with Gasteiger partial charge in [0.2, 0.25) is 10.0 Å². The molecule has 34 heavy (non-hydrogen) atoms. The second-order valence-electron chi connectivity index (χ2n) is 8.16. The summed E-state index contributed by atoms with van der Waals surface area (Å²) in [6, 6.07) is 30.5. The minimum absolute atomic E-state index is 0. The van der Waals surface area contributed by atoms with Gasteiger partial charge in [-0.05, 0) is 53.4 Å². The van der Waals surface area contributed by atoms with E-state index in [9.17, 15) is 8.42 Å². The van der Waals surface area contributed by atoms with Gasteiger partial charge in [-0.3, -0.25) is 0 Å². The van der Waals surface area contributed by atoms with Gasteiger partial charge in [-0.25, -0.2) is 13.1 Å². The molecule has 0 aliphatic rings. The Kier molecular flexibility index (Phi) is 9.11. The summed E-state index contributed by atoms with van der Waals surface area (Å²) in [6.45, 7) is 2.58. The fraction of sp³-hybridized carbons (Fsp3) is 0.185. The quantitative estimate of drug-likeness (QED) is 0.281. The fourth-order valence-electron chi connectivity index (χ4n) is 4.03. The van der Waals surface area contributed by atoms with Crippen LogP contribution >= 0.6 is 24.0 Å². The van der Waals surface area contributed by atoms with Gasteiger partial charge in [0, 0.05) is 23.7 Å². The van der Waals surface area contributed by atoms with Crippen LogP contribution in [0.5, 0.6) is 0 Å². The van der Waals surface area contributed by atoms with E-state index in [1.54, 1.807) is 18.2 Å². The summed E-state index contributed by atoms with van der Waals surface area (Å²) in [5, 5.41) is 6.31. The van der Waals surface area contributed by atoms with E-state index in [1.165, 1.54) is 22.4 Å². The Morgan fingerprint density at radius 3 is 2.29 bits per heavy atom. The highest BCUT2D eigenvalue weighted by atomic mass is 35.5. The first-order valence-corrected chi connectivity index (χ1v) is 12.8. The van der Waals surface area contributed by atoms with Gasteiger partial charge in [-0.2, -0.15) is 0 Å². The molecule has 7 heteroatoms. The summed E-state index contributed by atoms with van der Waals surface area (Å²) in [6.07, 6.45) is 0.565. The van der Waals surface area contributed by atoms with Crippen LogP contribution in [0.25, 0.3) is 10.8 Å². The van der Waals surface area contributed by atoms with E-state index in [-0.39, 0.29) is 29.4 Å². The number of halogens is 2. The van der Waals surface area contributed by atoms with Crippen molar-refractivity contribution < 1.29 is 8.42 Å². The molecule has 0 aliphatic heterocycles. The van der Waals surface area contributed by atoms with E-state index in [1.807, 2.05) is 42.5 Å². The Morgan fingerprint density at radius 2 is 1.53 bits per heavy atom. The molecule has 0 amide bonds. The van der Waals surface area contributed by atoms with Crippen LogP contribution in [-0.4, -0.2) is 21.0 Å². The third-order valence-electron chi connectivity index (χ3n) is 5.71. The smallest absolute Gasteiger partial charge is 0.240 e. The number of sulfonamides is 1. The summed E-state index contributed by atoms with van der Waals surface area (Å²) < 4.78 is 29.0. The molecule has 2 N–H and O–H groups in total. The van der Waals surface area contributed by atoms with Crippen molar-refractivity contribution in [3.8, 4) is 0 Å². The first-order chi connectivity index (χ1) is 15.9. The molecule has 0 spiro atoms. The summed E-state index contributed by atoms with van der Waals surface area (Å²) in [4.78, 5) is 0.162. The van der Waals surface area contributed by atoms with Crippen LogP contribution < -0.4 is 10.0 Å². The molecule has 4 aromatic rings. The van der Waals surface area contributed by atoms with Crippen LogP contribution in [0, 0.1) is 0 Å². The lowest BCUT2D eigenvalue weighted by Crippen LogP contribution is -2.44. The number of rotatable bonds is 9. The van der Waals surface area contributed by atoms with Gasteiger partial charge in [0.1, 0.15) is 0 Å². The average molecular weight is 516 g/mol. The number of fused-ring (bicyclic) bond motifs is 1. The van der Waals surface area contributed by atoms with Gasteiger partial charge < -0.3 is 5.32 Å². The normalized spacial score (nSPS) is 13.2. The maximum absolute atomic E-state index is 13.1. The molecule has 4 rings (SSSR count). The summed E-state index contributed by atoms with van der Waals surface area (Å²) in [5.74, 6) is 0. The third kappa shape index (κ3) is 6.59. The molecule has 4 nitrogen and oxygen atoms in total. The average Bonchev–Trinajstić information content (AvgIpc) is 2.82. The Hall–Kier alpha value is -2.41. The monoisotopic (exact) mass is 514 g/mol. The molecule has 0 heterocycles. The molecule has 0 saturated carbocycles. The SMILES string of the molecule is CC(NCC(Cc1ccccc1)NS(=O)(=O)c1cccc(Cl)c1)c1cccc2ccccc12.Cl. The third-order valence-corrected chi connectivity index (χ3v) is 7.47. The Balaban J connectivity index is 0.00000324. The number of benzene rings is 4. The van der Waals surface area contributed by atoms with Crippen molar-refractivity contribution in [3.63, 3.8) is 0 Å². The van der Waals surface area contributed by atoms with Crippen molar-refractivity contribution in [1.29, 1.82) is 0 Å². The molecular formula is C27H28Cl2N2O2S. The van der Waals surface area contributed by atoms with Crippen LogP contribution in [0.4, 0.5) is 0 Å². The molecule has 0 aliphatic carbocycles. The van der Waals surface area contributed by atoms with Crippen LogP contribution in [-0.2, 0) is 16.4 Å². The Morgan fingerprint density at radius 1 is 0.853 bits per heavy atom.